The molecule has 1 saturated carbocycles. The average molecular weight is 192 g/mol. The van der Waals surface area contributed by atoms with E-state index in [0.717, 1.165) is 25.7 Å². The van der Waals surface area contributed by atoms with Crippen molar-refractivity contribution in [3.63, 3.8) is 0 Å². The van der Waals surface area contributed by atoms with Crippen LogP contribution in [0, 0.1) is 0 Å². The molecule has 1 aliphatic carbocycles. The van der Waals surface area contributed by atoms with Crippen molar-refractivity contribution in [3.8, 4) is 0 Å². The van der Waals surface area contributed by atoms with Gasteiger partial charge < -0.3 is 4.74 Å². The van der Waals surface area contributed by atoms with Crippen molar-refractivity contribution >= 4 is 17.7 Å². The Morgan fingerprint density at radius 2 is 2.00 bits per heavy atom. The zero-order valence-corrected chi connectivity index (χ0v) is 7.99. The van der Waals surface area contributed by atoms with Crippen LogP contribution in [-0.4, -0.2) is 18.6 Å². The van der Waals surface area contributed by atoms with Crippen LogP contribution in [0.2, 0.25) is 0 Å². The molecule has 0 unspecified atom stereocenters. The van der Waals surface area contributed by atoms with Crippen LogP contribution in [0.5, 0.6) is 0 Å². The predicted octanol–water partition coefficient (Wildman–Crippen LogP) is 1.61. The Bertz CT molecular complexity index is 166. The highest BCUT2D eigenvalue weighted by molar-refractivity contribution is 6.15. The fourth-order valence-corrected chi connectivity index (χ4v) is 1.95. The summed E-state index contributed by atoms with van der Waals surface area (Å²) >= 11 is 5.56. The largest absolute Gasteiger partial charge is 0.468 e. The third kappa shape index (κ3) is 1.72. The first kappa shape index (κ1) is 9.81. The molecule has 0 atom stereocenters. The zero-order valence-electron chi connectivity index (χ0n) is 7.23. The Labute approximate surface area is 77.5 Å². The minimum Gasteiger partial charge on any atom is -0.468 e. The van der Waals surface area contributed by atoms with Gasteiger partial charge >= 0.3 is 5.97 Å². The number of hydrogen-bond donors (Lipinski definition) is 1. The molecule has 12 heavy (non-hydrogen) atoms. The molecule has 0 radical (unpaired) electrons. The van der Waals surface area contributed by atoms with Crippen molar-refractivity contribution in [2.45, 2.75) is 37.6 Å². The maximum atomic E-state index is 11.4. The van der Waals surface area contributed by atoms with E-state index in [9.17, 15) is 4.79 Å². The molecule has 0 amide bonds. The monoisotopic (exact) mass is 191 g/mol. The first-order valence-electron chi connectivity index (χ1n) is 4.21. The molecule has 0 aromatic carbocycles. The molecule has 1 aliphatic rings. The van der Waals surface area contributed by atoms with Gasteiger partial charge in [0.2, 0.25) is 0 Å². The number of halogens is 1. The lowest BCUT2D eigenvalue weighted by Crippen LogP contribution is -2.50. The van der Waals surface area contributed by atoms with Crippen LogP contribution in [0.4, 0.5) is 0 Å². The summed E-state index contributed by atoms with van der Waals surface area (Å²) in [5.74, 6) is -0.239. The van der Waals surface area contributed by atoms with Crippen LogP contribution in [0.1, 0.15) is 32.1 Å². The van der Waals surface area contributed by atoms with Crippen LogP contribution in [0.3, 0.4) is 0 Å². The number of nitrogens with one attached hydrogen (secondary N) is 1. The molecule has 4 heteroatoms. The number of methoxy groups -OCH3 is 1. The molecule has 0 aromatic rings. The molecular formula is C8H14ClNO2. The number of rotatable bonds is 2. The summed E-state index contributed by atoms with van der Waals surface area (Å²) in [4.78, 5) is 13.9. The van der Waals surface area contributed by atoms with E-state index in [0.29, 0.717) is 0 Å². The van der Waals surface area contributed by atoms with Crippen molar-refractivity contribution in [1.82, 2.24) is 4.84 Å². The van der Waals surface area contributed by atoms with E-state index in [4.69, 9.17) is 16.5 Å². The molecule has 0 spiro atoms. The summed E-state index contributed by atoms with van der Waals surface area (Å²) in [6, 6.07) is 0. The molecule has 1 N–H and O–H groups in total. The predicted molar refractivity (Wildman–Crippen MR) is 46.8 cm³/mol. The smallest absolute Gasteiger partial charge is 0.327 e. The Morgan fingerprint density at radius 3 is 2.42 bits per heavy atom. The van der Waals surface area contributed by atoms with Crippen molar-refractivity contribution in [1.29, 1.82) is 0 Å². The average Bonchev–Trinajstić information content (AvgIpc) is 2.17. The summed E-state index contributed by atoms with van der Waals surface area (Å²) in [5, 5.41) is 0. The highest BCUT2D eigenvalue weighted by atomic mass is 35.5. The third-order valence-electron chi connectivity index (χ3n) is 2.46. The summed E-state index contributed by atoms with van der Waals surface area (Å²) in [7, 11) is 1.40. The maximum Gasteiger partial charge on any atom is 0.327 e. The molecular weight excluding hydrogens is 178 g/mol. The van der Waals surface area contributed by atoms with E-state index in [1.54, 1.807) is 0 Å². The first-order valence-corrected chi connectivity index (χ1v) is 4.59. The minimum atomic E-state index is -0.617. The number of esters is 1. The van der Waals surface area contributed by atoms with E-state index in [1.807, 2.05) is 0 Å². The molecule has 0 aliphatic heterocycles. The summed E-state index contributed by atoms with van der Waals surface area (Å²) in [6.07, 6.45) is 4.81. The second-order valence-electron chi connectivity index (χ2n) is 3.23. The van der Waals surface area contributed by atoms with Gasteiger partial charge in [-0.1, -0.05) is 19.3 Å². The van der Waals surface area contributed by atoms with Crippen molar-refractivity contribution < 1.29 is 9.53 Å². The molecule has 1 fully saturated rings. The van der Waals surface area contributed by atoms with Crippen LogP contribution >= 0.6 is 11.8 Å². The molecule has 0 aromatic heterocycles. The molecule has 70 valence electrons. The molecule has 1 rings (SSSR count). The number of carbonyl (C=O) groups is 1. The molecule has 0 bridgehead atoms. The van der Waals surface area contributed by atoms with Gasteiger partial charge in [0, 0.05) is 0 Å². The minimum absolute atomic E-state index is 0.239. The fourth-order valence-electron chi connectivity index (χ4n) is 1.69. The van der Waals surface area contributed by atoms with Gasteiger partial charge in [-0.05, 0) is 24.6 Å². The molecule has 3 nitrogen and oxygen atoms in total. The van der Waals surface area contributed by atoms with Gasteiger partial charge in [0.25, 0.3) is 0 Å². The van der Waals surface area contributed by atoms with Crippen molar-refractivity contribution in [2.24, 2.45) is 0 Å². The lowest BCUT2D eigenvalue weighted by molar-refractivity contribution is -0.149. The SMILES string of the molecule is COC(=O)C1(NCl)CCCCC1. The van der Waals surface area contributed by atoms with Gasteiger partial charge in [-0.3, -0.25) is 4.79 Å². The van der Waals surface area contributed by atoms with Gasteiger partial charge in [-0.2, -0.15) is 0 Å². The van der Waals surface area contributed by atoms with Gasteiger partial charge in [-0.15, -0.1) is 0 Å². The van der Waals surface area contributed by atoms with E-state index in [-0.39, 0.29) is 5.97 Å². The normalized spacial score (nSPS) is 21.8. The van der Waals surface area contributed by atoms with Crippen LogP contribution in [0.25, 0.3) is 0 Å². The quantitative estimate of drug-likeness (QED) is 0.533. The fraction of sp³-hybridized carbons (Fsp3) is 0.875. The summed E-state index contributed by atoms with van der Waals surface area (Å²) in [5.41, 5.74) is -0.617. The molecule has 0 heterocycles. The zero-order chi connectivity index (χ0) is 9.03. The highest BCUT2D eigenvalue weighted by Gasteiger charge is 2.39. The van der Waals surface area contributed by atoms with Crippen LogP contribution in [0.15, 0.2) is 0 Å². The van der Waals surface area contributed by atoms with Gasteiger partial charge in [0.15, 0.2) is 0 Å². The second-order valence-corrected chi connectivity index (χ2v) is 3.42. The van der Waals surface area contributed by atoms with Crippen molar-refractivity contribution in [2.75, 3.05) is 7.11 Å². The second kappa shape index (κ2) is 4.10. The first-order chi connectivity index (χ1) is 5.75. The lowest BCUT2D eigenvalue weighted by atomic mass is 9.83. The van der Waals surface area contributed by atoms with Gasteiger partial charge in [-0.25, -0.2) is 4.84 Å². The maximum absolute atomic E-state index is 11.4. The molecule has 0 saturated heterocycles. The number of carbonyl (C=O) groups excluding carboxylic acids is 1. The van der Waals surface area contributed by atoms with E-state index >= 15 is 0 Å². The lowest BCUT2D eigenvalue weighted by Gasteiger charge is -2.32. The highest BCUT2D eigenvalue weighted by Crippen LogP contribution is 2.29. The number of ether oxygens (including phenoxy) is 1. The third-order valence-corrected chi connectivity index (χ3v) is 2.83. The van der Waals surface area contributed by atoms with E-state index in [2.05, 4.69) is 4.84 Å². The van der Waals surface area contributed by atoms with E-state index in [1.165, 1.54) is 13.5 Å². The Kier molecular flexibility index (Phi) is 3.35. The summed E-state index contributed by atoms with van der Waals surface area (Å²) < 4.78 is 4.70. The summed E-state index contributed by atoms with van der Waals surface area (Å²) in [6.45, 7) is 0. The van der Waals surface area contributed by atoms with Crippen molar-refractivity contribution in [3.05, 3.63) is 0 Å². The Hall–Kier alpha value is -0.280. The van der Waals surface area contributed by atoms with Gasteiger partial charge in [0.1, 0.15) is 5.54 Å². The standard InChI is InChI=1S/C8H14ClNO2/c1-12-7(11)8(10-9)5-3-2-4-6-8/h10H,2-6H2,1H3. The van der Waals surface area contributed by atoms with Gasteiger partial charge in [0.05, 0.1) is 7.11 Å². The van der Waals surface area contributed by atoms with Crippen LogP contribution < -0.4 is 4.84 Å². The number of hydrogen-bond acceptors (Lipinski definition) is 3. The van der Waals surface area contributed by atoms with Crippen LogP contribution in [-0.2, 0) is 9.53 Å². The Balaban J connectivity index is 2.66. The Morgan fingerprint density at radius 1 is 1.42 bits per heavy atom. The van der Waals surface area contributed by atoms with E-state index < -0.39 is 5.54 Å². The topological polar surface area (TPSA) is 38.3 Å².